The van der Waals surface area contributed by atoms with Gasteiger partial charge in [-0.2, -0.15) is 0 Å². The molecule has 0 rings (SSSR count). The van der Waals surface area contributed by atoms with E-state index in [1.54, 1.807) is 0 Å². The highest BCUT2D eigenvalue weighted by Crippen LogP contribution is 2.18. The zero-order valence-electron chi connectivity index (χ0n) is 42.0. The van der Waals surface area contributed by atoms with Gasteiger partial charge in [-0.1, -0.05) is 236 Å². The van der Waals surface area contributed by atoms with Crippen LogP contribution in [0.3, 0.4) is 0 Å². The average Bonchev–Trinajstić information content (AvgIpc) is 3.28. The first-order valence-corrected chi connectivity index (χ1v) is 27.4. The van der Waals surface area contributed by atoms with Gasteiger partial charge >= 0.3 is 5.97 Å². The van der Waals surface area contributed by atoms with E-state index in [4.69, 9.17) is 4.74 Å². The van der Waals surface area contributed by atoms with E-state index in [2.05, 4.69) is 74.7 Å². The van der Waals surface area contributed by atoms with E-state index in [0.29, 0.717) is 19.3 Å². The Labute approximate surface area is 391 Å². The number of nitrogens with one attached hydrogen (secondary N) is 1. The molecule has 0 saturated carbocycles. The Morgan fingerprint density at radius 1 is 0.460 bits per heavy atom. The minimum atomic E-state index is -0.795. The van der Waals surface area contributed by atoms with Crippen molar-refractivity contribution < 1.29 is 24.5 Å². The van der Waals surface area contributed by atoms with Gasteiger partial charge in [0, 0.05) is 6.42 Å². The second-order valence-electron chi connectivity index (χ2n) is 18.7. The summed E-state index contributed by atoms with van der Waals surface area (Å²) in [5.74, 6) is -0.505. The normalized spacial score (nSPS) is 13.5. The van der Waals surface area contributed by atoms with Crippen LogP contribution in [0.1, 0.15) is 278 Å². The largest absolute Gasteiger partial charge is 0.462 e. The van der Waals surface area contributed by atoms with Crippen LogP contribution in [0.15, 0.2) is 48.6 Å². The molecule has 0 aromatic heterocycles. The summed E-state index contributed by atoms with van der Waals surface area (Å²) < 4.78 is 5.93. The van der Waals surface area contributed by atoms with Crippen molar-refractivity contribution in [1.29, 1.82) is 0 Å². The predicted octanol–water partition coefficient (Wildman–Crippen LogP) is 16.6. The fourth-order valence-corrected chi connectivity index (χ4v) is 8.25. The van der Waals surface area contributed by atoms with Crippen molar-refractivity contribution in [2.75, 3.05) is 6.61 Å². The van der Waals surface area contributed by atoms with Crippen molar-refractivity contribution in [2.24, 2.45) is 0 Å². The zero-order valence-corrected chi connectivity index (χ0v) is 42.0. The van der Waals surface area contributed by atoms with Crippen LogP contribution >= 0.6 is 0 Å². The summed E-state index contributed by atoms with van der Waals surface area (Å²) >= 11 is 0. The molecule has 368 valence electrons. The Bertz CT molecular complexity index is 1080. The lowest BCUT2D eigenvalue weighted by Crippen LogP contribution is -2.46. The number of ether oxygens (including phenoxy) is 1. The van der Waals surface area contributed by atoms with Crippen LogP contribution in [-0.4, -0.2) is 46.9 Å². The molecular formula is C57H105NO5. The molecule has 0 fully saturated rings. The van der Waals surface area contributed by atoms with Gasteiger partial charge in [0.2, 0.25) is 5.91 Å². The molecule has 1 amide bonds. The van der Waals surface area contributed by atoms with Gasteiger partial charge < -0.3 is 20.3 Å². The summed E-state index contributed by atoms with van der Waals surface area (Å²) in [5, 5.41) is 23.8. The van der Waals surface area contributed by atoms with Crippen LogP contribution in [0.5, 0.6) is 0 Å². The Morgan fingerprint density at radius 2 is 0.825 bits per heavy atom. The van der Waals surface area contributed by atoms with Crippen LogP contribution in [0, 0.1) is 0 Å². The standard InChI is InChI=1S/C57H105NO5/c1-4-7-10-13-16-19-22-25-27-28-29-30-32-35-38-41-44-47-50-57(62)63-53(48-45-42-39-36-33-31-26-23-20-17-14-11-8-5-2)51-56(61)58-54(52-59)55(60)49-46-43-40-37-34-24-21-18-15-12-9-6-3/h22,25,27-31,33,53-55,59-60H,4-21,23-24,26,32,34-52H2,1-3H3,(H,58,61)/b25-22+,28-27+,30-29+,33-31+. The fourth-order valence-electron chi connectivity index (χ4n) is 8.25. The number of aliphatic hydroxyl groups is 2. The highest BCUT2D eigenvalue weighted by molar-refractivity contribution is 5.77. The lowest BCUT2D eigenvalue weighted by molar-refractivity contribution is -0.151. The van der Waals surface area contributed by atoms with Crippen molar-refractivity contribution >= 4 is 11.9 Å². The zero-order chi connectivity index (χ0) is 45.9. The molecule has 0 radical (unpaired) electrons. The van der Waals surface area contributed by atoms with E-state index in [1.165, 1.54) is 141 Å². The van der Waals surface area contributed by atoms with Gasteiger partial charge in [0.25, 0.3) is 0 Å². The van der Waals surface area contributed by atoms with Crippen LogP contribution in [0.25, 0.3) is 0 Å². The van der Waals surface area contributed by atoms with Gasteiger partial charge in [-0.25, -0.2) is 0 Å². The Morgan fingerprint density at radius 3 is 1.27 bits per heavy atom. The number of amides is 1. The predicted molar refractivity (Wildman–Crippen MR) is 273 cm³/mol. The minimum absolute atomic E-state index is 0.0596. The molecule has 0 aromatic rings. The number of carbonyl (C=O) groups excluding carboxylic acids is 2. The molecule has 0 aromatic carbocycles. The monoisotopic (exact) mass is 884 g/mol. The lowest BCUT2D eigenvalue weighted by atomic mass is 10.0. The third kappa shape index (κ3) is 46.2. The van der Waals surface area contributed by atoms with Crippen molar-refractivity contribution in [1.82, 2.24) is 5.32 Å². The van der Waals surface area contributed by atoms with Gasteiger partial charge in [0.05, 0.1) is 25.2 Å². The lowest BCUT2D eigenvalue weighted by Gasteiger charge is -2.24. The number of rotatable bonds is 49. The minimum Gasteiger partial charge on any atom is -0.462 e. The van der Waals surface area contributed by atoms with Crippen LogP contribution in [-0.2, 0) is 14.3 Å². The number of hydrogen-bond acceptors (Lipinski definition) is 5. The summed E-state index contributed by atoms with van der Waals surface area (Å²) in [5.41, 5.74) is 0. The van der Waals surface area contributed by atoms with Crippen molar-refractivity contribution in [3.63, 3.8) is 0 Å². The summed E-state index contributed by atoms with van der Waals surface area (Å²) in [6, 6.07) is -0.710. The number of hydrogen-bond donors (Lipinski definition) is 3. The van der Waals surface area contributed by atoms with E-state index < -0.39 is 18.2 Å². The molecule has 3 atom stereocenters. The van der Waals surface area contributed by atoms with E-state index in [9.17, 15) is 19.8 Å². The van der Waals surface area contributed by atoms with Gasteiger partial charge in [-0.15, -0.1) is 0 Å². The maximum Gasteiger partial charge on any atom is 0.306 e. The summed E-state index contributed by atoms with van der Waals surface area (Å²) in [6.45, 7) is 6.47. The molecule has 0 aliphatic heterocycles. The third-order valence-electron chi connectivity index (χ3n) is 12.4. The number of unbranched alkanes of at least 4 members (excludes halogenated alkanes) is 31. The second-order valence-corrected chi connectivity index (χ2v) is 18.7. The quantitative estimate of drug-likeness (QED) is 0.0245. The first-order valence-electron chi connectivity index (χ1n) is 27.4. The molecule has 6 heteroatoms. The highest BCUT2D eigenvalue weighted by Gasteiger charge is 2.24. The molecule has 3 N–H and O–H groups in total. The Balaban J connectivity index is 4.62. The van der Waals surface area contributed by atoms with Gasteiger partial charge in [-0.3, -0.25) is 9.59 Å². The number of aliphatic hydroxyl groups excluding tert-OH is 2. The van der Waals surface area contributed by atoms with Gasteiger partial charge in [-0.05, 0) is 77.0 Å². The first-order chi connectivity index (χ1) is 31.0. The summed E-state index contributed by atoms with van der Waals surface area (Å²) in [4.78, 5) is 26.2. The van der Waals surface area contributed by atoms with Crippen molar-refractivity contribution in [3.05, 3.63) is 48.6 Å². The molecule has 0 heterocycles. The number of allylic oxidation sites excluding steroid dienone is 8. The third-order valence-corrected chi connectivity index (χ3v) is 12.4. The fraction of sp³-hybridized carbons (Fsp3) is 0.825. The maximum atomic E-state index is 13.2. The number of esters is 1. The second kappa shape index (κ2) is 50.8. The molecule has 0 aliphatic carbocycles. The highest BCUT2D eigenvalue weighted by atomic mass is 16.5. The van der Waals surface area contributed by atoms with E-state index in [1.807, 2.05) is 0 Å². The molecule has 3 unspecified atom stereocenters. The van der Waals surface area contributed by atoms with E-state index >= 15 is 0 Å². The molecule has 63 heavy (non-hydrogen) atoms. The van der Waals surface area contributed by atoms with Crippen LogP contribution in [0.2, 0.25) is 0 Å². The smallest absolute Gasteiger partial charge is 0.306 e. The molecule has 0 saturated heterocycles. The van der Waals surface area contributed by atoms with Gasteiger partial charge in [0.1, 0.15) is 6.10 Å². The number of carbonyl (C=O) groups is 2. The van der Waals surface area contributed by atoms with E-state index in [-0.39, 0.29) is 24.9 Å². The Kier molecular flexibility index (Phi) is 49.1. The molecule has 0 bridgehead atoms. The summed E-state index contributed by atoms with van der Waals surface area (Å²) in [7, 11) is 0. The molecular weight excluding hydrogens is 779 g/mol. The van der Waals surface area contributed by atoms with E-state index in [0.717, 1.165) is 89.9 Å². The first kappa shape index (κ1) is 60.8. The molecule has 0 aliphatic rings. The van der Waals surface area contributed by atoms with Crippen LogP contribution < -0.4 is 5.32 Å². The summed E-state index contributed by atoms with van der Waals surface area (Å²) in [6.07, 6.45) is 61.7. The maximum absolute atomic E-state index is 13.2. The van der Waals surface area contributed by atoms with Crippen molar-refractivity contribution in [2.45, 2.75) is 296 Å². The van der Waals surface area contributed by atoms with Crippen molar-refractivity contribution in [3.8, 4) is 0 Å². The average molecular weight is 884 g/mol. The molecule has 6 nitrogen and oxygen atoms in total. The topological polar surface area (TPSA) is 95.9 Å². The van der Waals surface area contributed by atoms with Crippen LogP contribution in [0.4, 0.5) is 0 Å². The molecule has 0 spiro atoms. The Hall–Kier alpha value is -2.18. The van der Waals surface area contributed by atoms with Gasteiger partial charge in [0.15, 0.2) is 0 Å². The SMILES string of the molecule is CCCCCCC/C=C/C=C/C=C/CCCCCCCC(=O)OC(CCCCC/C=C/CCCCCCCCC)CC(=O)NC(CO)C(O)CCCCCCCCCCCCCC.